The predicted molar refractivity (Wildman–Crippen MR) is 65.7 cm³/mol. The average Bonchev–Trinajstić information content (AvgIpc) is 2.29. The van der Waals surface area contributed by atoms with Gasteiger partial charge in [0, 0.05) is 4.47 Å². The highest BCUT2D eigenvalue weighted by Crippen LogP contribution is 2.10. The van der Waals surface area contributed by atoms with Crippen LogP contribution in [0.4, 0.5) is 0 Å². The Morgan fingerprint density at radius 1 is 1.50 bits per heavy atom. The van der Waals surface area contributed by atoms with Gasteiger partial charge >= 0.3 is 0 Å². The van der Waals surface area contributed by atoms with Crippen LogP contribution in [0.2, 0.25) is 0 Å². The van der Waals surface area contributed by atoms with E-state index in [1.807, 2.05) is 37.3 Å². The first-order chi connectivity index (χ1) is 7.65. The molecule has 1 atom stereocenters. The highest BCUT2D eigenvalue weighted by Gasteiger charge is 2.09. The van der Waals surface area contributed by atoms with Gasteiger partial charge in [-0.15, -0.1) is 0 Å². The van der Waals surface area contributed by atoms with Gasteiger partial charge in [-0.1, -0.05) is 35.0 Å². The Balaban J connectivity index is 2.52. The van der Waals surface area contributed by atoms with E-state index in [2.05, 4.69) is 21.2 Å². The van der Waals surface area contributed by atoms with Crippen molar-refractivity contribution in [3.05, 3.63) is 34.3 Å². The molecule has 1 unspecified atom stereocenters. The van der Waals surface area contributed by atoms with Crippen molar-refractivity contribution in [2.45, 2.75) is 25.8 Å². The largest absolute Gasteiger partial charge is 0.340 e. The normalized spacial score (nSPS) is 11.6. The fourth-order valence-corrected chi connectivity index (χ4v) is 1.52. The van der Waals surface area contributed by atoms with E-state index in [0.29, 0.717) is 12.8 Å². The van der Waals surface area contributed by atoms with Gasteiger partial charge in [0.15, 0.2) is 0 Å². The van der Waals surface area contributed by atoms with E-state index in [-0.39, 0.29) is 11.9 Å². The number of carbonyl (C=O) groups is 1. The number of nitrogens with one attached hydrogen (secondary N) is 1. The Kier molecular flexibility index (Phi) is 5.00. The fourth-order valence-electron chi connectivity index (χ4n) is 1.26. The van der Waals surface area contributed by atoms with E-state index in [1.54, 1.807) is 0 Å². The summed E-state index contributed by atoms with van der Waals surface area (Å²) in [5.41, 5.74) is 0.938. The van der Waals surface area contributed by atoms with Gasteiger partial charge in [-0.05, 0) is 24.1 Å². The minimum atomic E-state index is -0.386. The zero-order chi connectivity index (χ0) is 12.0. The summed E-state index contributed by atoms with van der Waals surface area (Å²) in [4.78, 5) is 11.6. The van der Waals surface area contributed by atoms with E-state index < -0.39 is 0 Å². The van der Waals surface area contributed by atoms with E-state index in [4.69, 9.17) is 5.26 Å². The molecule has 0 radical (unpaired) electrons. The van der Waals surface area contributed by atoms with Crippen LogP contribution in [0.1, 0.15) is 18.9 Å². The maximum Gasteiger partial charge on any atom is 0.225 e. The van der Waals surface area contributed by atoms with Gasteiger partial charge in [0.25, 0.3) is 0 Å². The van der Waals surface area contributed by atoms with Crippen molar-refractivity contribution in [2.75, 3.05) is 0 Å². The van der Waals surface area contributed by atoms with E-state index in [1.165, 1.54) is 0 Å². The second kappa shape index (κ2) is 6.29. The summed E-state index contributed by atoms with van der Waals surface area (Å²) >= 11 is 3.33. The molecule has 0 saturated heterocycles. The third-order valence-electron chi connectivity index (χ3n) is 2.18. The lowest BCUT2D eigenvalue weighted by Crippen LogP contribution is -2.34. The van der Waals surface area contributed by atoms with Crippen molar-refractivity contribution in [1.82, 2.24) is 5.32 Å². The molecule has 1 aromatic carbocycles. The quantitative estimate of drug-likeness (QED) is 0.921. The molecule has 0 saturated carbocycles. The minimum absolute atomic E-state index is 0.115. The molecule has 0 aliphatic carbocycles. The lowest BCUT2D eigenvalue weighted by Gasteiger charge is -2.08. The monoisotopic (exact) mass is 280 g/mol. The molecule has 0 fully saturated rings. The maximum absolute atomic E-state index is 11.6. The van der Waals surface area contributed by atoms with Crippen LogP contribution in [-0.2, 0) is 11.2 Å². The molecule has 84 valence electrons. The smallest absolute Gasteiger partial charge is 0.225 e. The van der Waals surface area contributed by atoms with Crippen LogP contribution < -0.4 is 5.32 Å². The maximum atomic E-state index is 11.6. The Bertz CT molecular complexity index is 394. The van der Waals surface area contributed by atoms with Crippen molar-refractivity contribution < 1.29 is 4.79 Å². The second-order valence-electron chi connectivity index (χ2n) is 3.46. The number of amides is 1. The Morgan fingerprint density at radius 2 is 2.12 bits per heavy atom. The summed E-state index contributed by atoms with van der Waals surface area (Å²) in [7, 11) is 0. The molecular formula is C12H13BrN2O. The number of hydrogen-bond donors (Lipinski definition) is 1. The number of hydrogen-bond acceptors (Lipinski definition) is 2. The standard InChI is InChI=1S/C12H13BrN2O/c1-2-11(8-14)15-12(16)7-9-3-5-10(13)6-4-9/h3-6,11H,2,7H2,1H3,(H,15,16). The van der Waals surface area contributed by atoms with Gasteiger partial charge in [0.1, 0.15) is 6.04 Å². The van der Waals surface area contributed by atoms with E-state index in [9.17, 15) is 4.79 Å². The van der Waals surface area contributed by atoms with Crippen LogP contribution in [0.5, 0.6) is 0 Å². The topological polar surface area (TPSA) is 52.9 Å². The third kappa shape index (κ3) is 4.03. The SMILES string of the molecule is CCC(C#N)NC(=O)Cc1ccc(Br)cc1. The molecule has 1 amide bonds. The Morgan fingerprint density at radius 3 is 2.62 bits per heavy atom. The van der Waals surface area contributed by atoms with Crippen LogP contribution in [-0.4, -0.2) is 11.9 Å². The first kappa shape index (κ1) is 12.7. The van der Waals surface area contributed by atoms with Crippen LogP contribution in [0.25, 0.3) is 0 Å². The molecule has 4 heteroatoms. The van der Waals surface area contributed by atoms with E-state index >= 15 is 0 Å². The summed E-state index contributed by atoms with van der Waals surface area (Å²) in [5, 5.41) is 11.4. The molecular weight excluding hydrogens is 268 g/mol. The van der Waals surface area contributed by atoms with Crippen molar-refractivity contribution in [2.24, 2.45) is 0 Å². The van der Waals surface area contributed by atoms with Crippen LogP contribution in [0.15, 0.2) is 28.7 Å². The van der Waals surface area contributed by atoms with Gasteiger partial charge in [-0.3, -0.25) is 4.79 Å². The summed E-state index contributed by atoms with van der Waals surface area (Å²) in [6.45, 7) is 1.87. The summed E-state index contributed by atoms with van der Waals surface area (Å²) < 4.78 is 0.986. The van der Waals surface area contributed by atoms with Crippen molar-refractivity contribution in [3.8, 4) is 6.07 Å². The summed E-state index contributed by atoms with van der Waals surface area (Å²) in [5.74, 6) is -0.115. The van der Waals surface area contributed by atoms with Crippen LogP contribution >= 0.6 is 15.9 Å². The average molecular weight is 281 g/mol. The Hall–Kier alpha value is -1.34. The third-order valence-corrected chi connectivity index (χ3v) is 2.71. The first-order valence-electron chi connectivity index (χ1n) is 5.09. The highest BCUT2D eigenvalue weighted by atomic mass is 79.9. The molecule has 0 aliphatic rings. The van der Waals surface area contributed by atoms with Gasteiger partial charge in [-0.2, -0.15) is 5.26 Å². The van der Waals surface area contributed by atoms with Gasteiger partial charge < -0.3 is 5.32 Å². The Labute approximate surface area is 104 Å². The first-order valence-corrected chi connectivity index (χ1v) is 5.88. The number of nitrogens with zero attached hydrogens (tertiary/aromatic N) is 1. The fraction of sp³-hybridized carbons (Fsp3) is 0.333. The summed E-state index contributed by atoms with van der Waals surface area (Å²) in [6, 6.07) is 9.21. The molecule has 1 aromatic rings. The molecule has 0 aliphatic heterocycles. The minimum Gasteiger partial charge on any atom is -0.340 e. The van der Waals surface area contributed by atoms with Crippen LogP contribution in [0, 0.1) is 11.3 Å². The molecule has 16 heavy (non-hydrogen) atoms. The van der Waals surface area contributed by atoms with Crippen molar-refractivity contribution >= 4 is 21.8 Å². The van der Waals surface area contributed by atoms with Crippen molar-refractivity contribution in [1.29, 1.82) is 5.26 Å². The zero-order valence-electron chi connectivity index (χ0n) is 9.03. The lowest BCUT2D eigenvalue weighted by atomic mass is 10.1. The molecule has 1 N–H and O–H groups in total. The molecule has 3 nitrogen and oxygen atoms in total. The van der Waals surface area contributed by atoms with E-state index in [0.717, 1.165) is 10.0 Å². The molecule has 0 heterocycles. The van der Waals surface area contributed by atoms with Crippen molar-refractivity contribution in [3.63, 3.8) is 0 Å². The van der Waals surface area contributed by atoms with Gasteiger partial charge in [0.05, 0.1) is 12.5 Å². The zero-order valence-corrected chi connectivity index (χ0v) is 10.6. The van der Waals surface area contributed by atoms with Crippen LogP contribution in [0.3, 0.4) is 0 Å². The predicted octanol–water partition coefficient (Wildman–Crippen LogP) is 2.41. The summed E-state index contributed by atoms with van der Waals surface area (Å²) in [6.07, 6.45) is 0.939. The molecule has 0 spiro atoms. The number of halogens is 1. The van der Waals surface area contributed by atoms with Gasteiger partial charge in [-0.25, -0.2) is 0 Å². The molecule has 0 bridgehead atoms. The second-order valence-corrected chi connectivity index (χ2v) is 4.38. The number of carbonyl (C=O) groups excluding carboxylic acids is 1. The number of benzene rings is 1. The van der Waals surface area contributed by atoms with Gasteiger partial charge in [0.2, 0.25) is 5.91 Å². The number of rotatable bonds is 4. The molecule has 1 rings (SSSR count). The lowest BCUT2D eigenvalue weighted by molar-refractivity contribution is -0.120. The highest BCUT2D eigenvalue weighted by molar-refractivity contribution is 9.10. The number of nitriles is 1. The molecule has 0 aromatic heterocycles.